The van der Waals surface area contributed by atoms with E-state index >= 15 is 0 Å². The van der Waals surface area contributed by atoms with Crippen molar-refractivity contribution >= 4 is 38.3 Å². The molecule has 0 aliphatic carbocycles. The fourth-order valence-electron chi connectivity index (χ4n) is 2.36. The minimum Gasteiger partial charge on any atom is -0.480 e. The van der Waals surface area contributed by atoms with Crippen LogP contribution in [-0.2, 0) is 6.54 Å². The van der Waals surface area contributed by atoms with Crippen molar-refractivity contribution in [2.45, 2.75) is 6.54 Å². The van der Waals surface area contributed by atoms with Gasteiger partial charge in [0.1, 0.15) is 0 Å². The maximum atomic E-state index is 5.67. The number of thiazole rings is 1. The van der Waals surface area contributed by atoms with E-state index in [-0.39, 0.29) is 0 Å². The zero-order valence-corrected chi connectivity index (χ0v) is 14.6. The smallest absolute Gasteiger partial charge is 0.232 e. The lowest BCUT2D eigenvalue weighted by molar-refractivity contribution is 0.250. The number of hydrogen-bond acceptors (Lipinski definition) is 8. The molecule has 2 N–H and O–H groups in total. The van der Waals surface area contributed by atoms with Gasteiger partial charge in [-0.15, -0.1) is 11.3 Å². The van der Waals surface area contributed by atoms with Crippen LogP contribution in [0.3, 0.4) is 0 Å². The quantitative estimate of drug-likeness (QED) is 0.857. The molecule has 0 bridgehead atoms. The first kappa shape index (κ1) is 15.4. The molecule has 0 saturated carbocycles. The first-order valence-electron chi connectivity index (χ1n) is 6.89. The standard InChI is InChI=1S/C13H17BrN6OS/c1-21-11-10(14)7-17-13(18-11)20-4-2-19(3-5-20)8-9-6-16-12(15)22-9/h6-7H,2-5,8H2,1H3,(H2,15,16). The van der Waals surface area contributed by atoms with E-state index in [2.05, 4.69) is 40.7 Å². The first-order valence-corrected chi connectivity index (χ1v) is 8.50. The van der Waals surface area contributed by atoms with E-state index in [1.54, 1.807) is 24.6 Å². The van der Waals surface area contributed by atoms with Crippen LogP contribution in [0, 0.1) is 0 Å². The van der Waals surface area contributed by atoms with Crippen LogP contribution in [0.5, 0.6) is 5.88 Å². The molecule has 0 radical (unpaired) electrons. The van der Waals surface area contributed by atoms with Crippen LogP contribution < -0.4 is 15.4 Å². The van der Waals surface area contributed by atoms with Crippen molar-refractivity contribution in [2.75, 3.05) is 43.9 Å². The van der Waals surface area contributed by atoms with E-state index in [4.69, 9.17) is 10.5 Å². The van der Waals surface area contributed by atoms with Crippen LogP contribution in [0.15, 0.2) is 16.9 Å². The SMILES string of the molecule is COc1nc(N2CCN(Cc3cnc(N)s3)CC2)ncc1Br. The summed E-state index contributed by atoms with van der Waals surface area (Å²) in [6.07, 6.45) is 3.59. The van der Waals surface area contributed by atoms with Crippen molar-refractivity contribution in [3.8, 4) is 5.88 Å². The van der Waals surface area contributed by atoms with Crippen LogP contribution in [0.4, 0.5) is 11.1 Å². The van der Waals surface area contributed by atoms with Crippen molar-refractivity contribution in [2.24, 2.45) is 0 Å². The number of nitrogens with two attached hydrogens (primary N) is 1. The molecule has 0 amide bonds. The summed E-state index contributed by atoms with van der Waals surface area (Å²) in [5.41, 5.74) is 5.67. The molecule has 9 heteroatoms. The highest BCUT2D eigenvalue weighted by Gasteiger charge is 2.20. The van der Waals surface area contributed by atoms with Gasteiger partial charge >= 0.3 is 0 Å². The van der Waals surface area contributed by atoms with Gasteiger partial charge in [0, 0.05) is 43.8 Å². The van der Waals surface area contributed by atoms with E-state index in [1.165, 1.54) is 4.88 Å². The second-order valence-corrected chi connectivity index (χ2v) is 6.96. The molecule has 7 nitrogen and oxygen atoms in total. The lowest BCUT2D eigenvalue weighted by atomic mass is 10.3. The molecule has 0 spiro atoms. The Labute approximate surface area is 141 Å². The Hall–Kier alpha value is -1.45. The summed E-state index contributed by atoms with van der Waals surface area (Å²) in [4.78, 5) is 18.7. The number of nitrogen functional groups attached to an aromatic ring is 1. The number of hydrogen-bond donors (Lipinski definition) is 1. The third-order valence-electron chi connectivity index (χ3n) is 3.50. The molecule has 0 aromatic carbocycles. The predicted octanol–water partition coefficient (Wildman–Crippen LogP) is 1.61. The van der Waals surface area contributed by atoms with Crippen LogP contribution in [0.2, 0.25) is 0 Å². The molecule has 3 heterocycles. The molecular weight excluding hydrogens is 368 g/mol. The van der Waals surface area contributed by atoms with Gasteiger partial charge < -0.3 is 15.4 Å². The number of piperazine rings is 1. The van der Waals surface area contributed by atoms with Crippen molar-refractivity contribution < 1.29 is 4.74 Å². The number of halogens is 1. The van der Waals surface area contributed by atoms with E-state index in [9.17, 15) is 0 Å². The van der Waals surface area contributed by atoms with Gasteiger partial charge in [-0.25, -0.2) is 9.97 Å². The van der Waals surface area contributed by atoms with E-state index in [1.807, 2.05) is 6.20 Å². The highest BCUT2D eigenvalue weighted by atomic mass is 79.9. The lowest BCUT2D eigenvalue weighted by Gasteiger charge is -2.34. The molecule has 1 aliphatic rings. The fourth-order valence-corrected chi connectivity index (χ4v) is 3.44. The highest BCUT2D eigenvalue weighted by molar-refractivity contribution is 9.10. The van der Waals surface area contributed by atoms with Gasteiger partial charge in [-0.05, 0) is 15.9 Å². The van der Waals surface area contributed by atoms with Crippen molar-refractivity contribution in [1.29, 1.82) is 0 Å². The van der Waals surface area contributed by atoms with Gasteiger partial charge in [0.15, 0.2) is 5.13 Å². The van der Waals surface area contributed by atoms with Crippen LogP contribution in [0.1, 0.15) is 4.88 Å². The zero-order chi connectivity index (χ0) is 15.5. The number of ether oxygens (including phenoxy) is 1. The minimum atomic E-state index is 0.563. The molecule has 2 aromatic heterocycles. The normalized spacial score (nSPS) is 16.0. The Kier molecular flexibility index (Phi) is 4.74. The number of rotatable bonds is 4. The third kappa shape index (κ3) is 3.47. The third-order valence-corrected chi connectivity index (χ3v) is 4.85. The molecular formula is C13H17BrN6OS. The van der Waals surface area contributed by atoms with Crippen LogP contribution in [-0.4, -0.2) is 53.1 Å². The number of nitrogens with zero attached hydrogens (tertiary/aromatic N) is 5. The summed E-state index contributed by atoms with van der Waals surface area (Å²) < 4.78 is 5.99. The number of methoxy groups -OCH3 is 1. The Morgan fingerprint density at radius 2 is 2.05 bits per heavy atom. The van der Waals surface area contributed by atoms with Gasteiger partial charge in [-0.3, -0.25) is 4.90 Å². The van der Waals surface area contributed by atoms with Crippen molar-refractivity contribution in [1.82, 2.24) is 19.9 Å². The summed E-state index contributed by atoms with van der Waals surface area (Å²) in [5.74, 6) is 1.27. The lowest BCUT2D eigenvalue weighted by Crippen LogP contribution is -2.46. The topological polar surface area (TPSA) is 80.4 Å². The maximum Gasteiger partial charge on any atom is 0.232 e. The van der Waals surface area contributed by atoms with E-state index in [0.717, 1.165) is 37.2 Å². The maximum absolute atomic E-state index is 5.67. The molecule has 1 fully saturated rings. The Bertz CT molecular complexity index is 643. The van der Waals surface area contributed by atoms with Gasteiger partial charge in [-0.2, -0.15) is 4.98 Å². The first-order chi connectivity index (χ1) is 10.7. The Balaban J connectivity index is 1.59. The Morgan fingerprint density at radius 3 is 2.68 bits per heavy atom. The molecule has 0 unspecified atom stereocenters. The zero-order valence-electron chi connectivity index (χ0n) is 12.2. The second kappa shape index (κ2) is 6.76. The molecule has 118 valence electrons. The summed E-state index contributed by atoms with van der Waals surface area (Å²) in [6.45, 7) is 4.59. The molecule has 0 atom stereocenters. The number of anilines is 2. The van der Waals surface area contributed by atoms with Crippen LogP contribution in [0.25, 0.3) is 0 Å². The molecule has 1 aliphatic heterocycles. The molecule has 2 aromatic rings. The van der Waals surface area contributed by atoms with E-state index < -0.39 is 0 Å². The monoisotopic (exact) mass is 384 g/mol. The van der Waals surface area contributed by atoms with Gasteiger partial charge in [0.2, 0.25) is 11.8 Å². The summed E-state index contributed by atoms with van der Waals surface area (Å²) >= 11 is 4.92. The van der Waals surface area contributed by atoms with Crippen molar-refractivity contribution in [3.05, 3.63) is 21.7 Å². The summed E-state index contributed by atoms with van der Waals surface area (Å²) in [6, 6.07) is 0. The molecule has 22 heavy (non-hydrogen) atoms. The summed E-state index contributed by atoms with van der Waals surface area (Å²) in [7, 11) is 1.61. The van der Waals surface area contributed by atoms with Crippen LogP contribution >= 0.6 is 27.3 Å². The minimum absolute atomic E-state index is 0.563. The van der Waals surface area contributed by atoms with Crippen molar-refractivity contribution in [3.63, 3.8) is 0 Å². The summed E-state index contributed by atoms with van der Waals surface area (Å²) in [5, 5.41) is 0.629. The molecule has 1 saturated heterocycles. The fraction of sp³-hybridized carbons (Fsp3) is 0.462. The average molecular weight is 385 g/mol. The average Bonchev–Trinajstić information content (AvgIpc) is 2.94. The number of aromatic nitrogens is 3. The predicted molar refractivity (Wildman–Crippen MR) is 90.3 cm³/mol. The van der Waals surface area contributed by atoms with Gasteiger partial charge in [-0.1, -0.05) is 0 Å². The second-order valence-electron chi connectivity index (χ2n) is 4.96. The largest absolute Gasteiger partial charge is 0.480 e. The van der Waals surface area contributed by atoms with Gasteiger partial charge in [0.25, 0.3) is 0 Å². The van der Waals surface area contributed by atoms with Gasteiger partial charge in [0.05, 0.1) is 17.8 Å². The molecule has 3 rings (SSSR count). The highest BCUT2D eigenvalue weighted by Crippen LogP contribution is 2.24. The Morgan fingerprint density at radius 1 is 1.27 bits per heavy atom. The van der Waals surface area contributed by atoms with E-state index in [0.29, 0.717) is 17.0 Å².